The second-order valence-electron chi connectivity index (χ2n) is 2.98. The molecule has 84 valence electrons. The standard InChI is InChI=1S/C11H9ClFNO2/c1-2-16-11(15)9(6-14)8-4-3-7(12)5-10(8)13/h3-5,9H,2H2,1H3. The summed E-state index contributed by atoms with van der Waals surface area (Å²) in [4.78, 5) is 11.4. The highest BCUT2D eigenvalue weighted by atomic mass is 35.5. The lowest BCUT2D eigenvalue weighted by Crippen LogP contribution is -2.15. The summed E-state index contributed by atoms with van der Waals surface area (Å²) in [6.07, 6.45) is 0. The molecule has 0 bridgehead atoms. The minimum atomic E-state index is -1.25. The van der Waals surface area contributed by atoms with Crippen LogP contribution in [-0.4, -0.2) is 12.6 Å². The van der Waals surface area contributed by atoms with Gasteiger partial charge in [0, 0.05) is 10.6 Å². The van der Waals surface area contributed by atoms with Gasteiger partial charge in [0.15, 0.2) is 5.92 Å². The second-order valence-corrected chi connectivity index (χ2v) is 3.42. The zero-order valence-electron chi connectivity index (χ0n) is 8.54. The van der Waals surface area contributed by atoms with Gasteiger partial charge in [0.2, 0.25) is 0 Å². The molecule has 1 rings (SSSR count). The number of carbonyl (C=O) groups excluding carboxylic acids is 1. The van der Waals surface area contributed by atoms with E-state index in [2.05, 4.69) is 4.74 Å². The van der Waals surface area contributed by atoms with E-state index in [1.807, 2.05) is 0 Å². The number of nitrogens with zero attached hydrogens (tertiary/aromatic N) is 1. The number of benzene rings is 1. The zero-order chi connectivity index (χ0) is 12.1. The largest absolute Gasteiger partial charge is 0.465 e. The summed E-state index contributed by atoms with van der Waals surface area (Å²) in [5, 5.41) is 9.03. The van der Waals surface area contributed by atoms with Crippen molar-refractivity contribution in [2.45, 2.75) is 12.8 Å². The third kappa shape index (κ3) is 2.71. The van der Waals surface area contributed by atoms with Gasteiger partial charge in [-0.05, 0) is 19.1 Å². The van der Waals surface area contributed by atoms with E-state index in [4.69, 9.17) is 16.9 Å². The van der Waals surface area contributed by atoms with Crippen LogP contribution in [0.2, 0.25) is 5.02 Å². The molecule has 0 N–H and O–H groups in total. The van der Waals surface area contributed by atoms with Gasteiger partial charge in [-0.1, -0.05) is 17.7 Å². The van der Waals surface area contributed by atoms with Crippen LogP contribution in [0.15, 0.2) is 18.2 Å². The van der Waals surface area contributed by atoms with Gasteiger partial charge in [-0.15, -0.1) is 0 Å². The molecule has 1 aromatic carbocycles. The van der Waals surface area contributed by atoms with Gasteiger partial charge < -0.3 is 4.74 Å². The van der Waals surface area contributed by atoms with Crippen molar-refractivity contribution in [2.24, 2.45) is 0 Å². The molecule has 3 nitrogen and oxygen atoms in total. The molecule has 0 aromatic heterocycles. The number of esters is 1. The van der Waals surface area contributed by atoms with Crippen LogP contribution in [0.1, 0.15) is 18.4 Å². The van der Waals surface area contributed by atoms with Crippen LogP contribution in [0, 0.1) is 17.1 Å². The number of carbonyl (C=O) groups is 1. The first-order valence-corrected chi connectivity index (χ1v) is 4.99. The Morgan fingerprint density at radius 2 is 2.38 bits per heavy atom. The Kier molecular flexibility index (Phi) is 4.27. The minimum Gasteiger partial charge on any atom is -0.465 e. The second kappa shape index (κ2) is 5.47. The van der Waals surface area contributed by atoms with Crippen molar-refractivity contribution in [2.75, 3.05) is 6.61 Å². The lowest BCUT2D eigenvalue weighted by Gasteiger charge is -2.09. The van der Waals surface area contributed by atoms with E-state index in [9.17, 15) is 9.18 Å². The average Bonchev–Trinajstić information content (AvgIpc) is 2.22. The predicted octanol–water partition coefficient (Wildman–Crippen LogP) is 2.65. The summed E-state index contributed by atoms with van der Waals surface area (Å²) in [5.41, 5.74) is -0.0228. The van der Waals surface area contributed by atoms with Crippen LogP contribution in [0.25, 0.3) is 0 Å². The smallest absolute Gasteiger partial charge is 0.328 e. The molecule has 0 aliphatic rings. The van der Waals surface area contributed by atoms with Crippen molar-refractivity contribution in [3.05, 3.63) is 34.6 Å². The fraction of sp³-hybridized carbons (Fsp3) is 0.273. The molecular formula is C11H9ClFNO2. The van der Waals surface area contributed by atoms with E-state index in [1.165, 1.54) is 12.1 Å². The number of ether oxygens (including phenoxy) is 1. The molecule has 1 aromatic rings. The maximum absolute atomic E-state index is 13.4. The highest BCUT2D eigenvalue weighted by Crippen LogP contribution is 2.23. The molecule has 0 amide bonds. The van der Waals surface area contributed by atoms with E-state index in [0.29, 0.717) is 0 Å². The molecule has 0 spiro atoms. The molecule has 1 atom stereocenters. The number of rotatable bonds is 3. The van der Waals surface area contributed by atoms with E-state index < -0.39 is 17.7 Å². The zero-order valence-corrected chi connectivity index (χ0v) is 9.29. The SMILES string of the molecule is CCOC(=O)C(C#N)c1ccc(Cl)cc1F. The van der Waals surface area contributed by atoms with Crippen LogP contribution in [0.4, 0.5) is 4.39 Å². The summed E-state index contributed by atoms with van der Waals surface area (Å²) < 4.78 is 18.1. The molecule has 0 saturated carbocycles. The third-order valence-corrected chi connectivity index (χ3v) is 2.16. The lowest BCUT2D eigenvalue weighted by molar-refractivity contribution is -0.143. The van der Waals surface area contributed by atoms with Gasteiger partial charge in [-0.2, -0.15) is 5.26 Å². The number of halogens is 2. The molecule has 0 fully saturated rings. The lowest BCUT2D eigenvalue weighted by atomic mass is 10.0. The van der Waals surface area contributed by atoms with Crippen LogP contribution in [0.5, 0.6) is 0 Å². The Balaban J connectivity index is 3.05. The molecular weight excluding hydrogens is 233 g/mol. The quantitative estimate of drug-likeness (QED) is 0.765. The Morgan fingerprint density at radius 1 is 1.69 bits per heavy atom. The number of hydrogen-bond acceptors (Lipinski definition) is 3. The fourth-order valence-corrected chi connectivity index (χ4v) is 1.37. The molecule has 0 radical (unpaired) electrons. The van der Waals surface area contributed by atoms with Gasteiger partial charge in [-0.3, -0.25) is 4.79 Å². The summed E-state index contributed by atoms with van der Waals surface area (Å²) in [6, 6.07) is 5.49. The number of nitriles is 1. The Hall–Kier alpha value is -1.60. The van der Waals surface area contributed by atoms with Crippen LogP contribution in [0.3, 0.4) is 0 Å². The molecule has 0 aliphatic carbocycles. The molecule has 0 heterocycles. The van der Waals surface area contributed by atoms with Crippen molar-refractivity contribution >= 4 is 17.6 Å². The third-order valence-electron chi connectivity index (χ3n) is 1.92. The van der Waals surface area contributed by atoms with E-state index in [1.54, 1.807) is 13.0 Å². The van der Waals surface area contributed by atoms with E-state index in [-0.39, 0.29) is 17.2 Å². The first-order chi connectivity index (χ1) is 7.60. The molecule has 1 unspecified atom stereocenters. The first kappa shape index (κ1) is 12.5. The van der Waals surface area contributed by atoms with Crippen molar-refractivity contribution in [3.63, 3.8) is 0 Å². The van der Waals surface area contributed by atoms with E-state index in [0.717, 1.165) is 6.07 Å². The normalized spacial score (nSPS) is 11.6. The summed E-state index contributed by atoms with van der Waals surface area (Å²) >= 11 is 5.57. The van der Waals surface area contributed by atoms with Gasteiger partial charge in [0.1, 0.15) is 5.82 Å². The topological polar surface area (TPSA) is 50.1 Å². The molecule has 16 heavy (non-hydrogen) atoms. The Bertz CT molecular complexity index is 442. The van der Waals surface area contributed by atoms with Crippen molar-refractivity contribution < 1.29 is 13.9 Å². The fourth-order valence-electron chi connectivity index (χ4n) is 1.21. The van der Waals surface area contributed by atoms with Gasteiger partial charge in [0.25, 0.3) is 0 Å². The summed E-state index contributed by atoms with van der Waals surface area (Å²) in [7, 11) is 0. The van der Waals surface area contributed by atoms with Crippen LogP contribution < -0.4 is 0 Å². The van der Waals surface area contributed by atoms with Gasteiger partial charge in [-0.25, -0.2) is 4.39 Å². The summed E-state index contributed by atoms with van der Waals surface area (Å²) in [5.74, 6) is -2.70. The summed E-state index contributed by atoms with van der Waals surface area (Å²) in [6.45, 7) is 1.76. The molecule has 5 heteroatoms. The maximum Gasteiger partial charge on any atom is 0.328 e. The van der Waals surface area contributed by atoms with Crippen LogP contribution in [-0.2, 0) is 9.53 Å². The van der Waals surface area contributed by atoms with Crippen molar-refractivity contribution in [1.82, 2.24) is 0 Å². The maximum atomic E-state index is 13.4. The minimum absolute atomic E-state index is 0.0228. The number of hydrogen-bond donors (Lipinski definition) is 0. The van der Waals surface area contributed by atoms with E-state index >= 15 is 0 Å². The Morgan fingerprint density at radius 3 is 2.88 bits per heavy atom. The predicted molar refractivity (Wildman–Crippen MR) is 56.4 cm³/mol. The van der Waals surface area contributed by atoms with Gasteiger partial charge >= 0.3 is 5.97 Å². The van der Waals surface area contributed by atoms with Gasteiger partial charge in [0.05, 0.1) is 12.7 Å². The van der Waals surface area contributed by atoms with Crippen molar-refractivity contribution in [1.29, 1.82) is 5.26 Å². The highest BCUT2D eigenvalue weighted by Gasteiger charge is 2.24. The monoisotopic (exact) mass is 241 g/mol. The first-order valence-electron chi connectivity index (χ1n) is 4.61. The van der Waals surface area contributed by atoms with Crippen molar-refractivity contribution in [3.8, 4) is 6.07 Å². The average molecular weight is 242 g/mol. The molecule has 0 aliphatic heterocycles. The molecule has 0 saturated heterocycles. The highest BCUT2D eigenvalue weighted by molar-refractivity contribution is 6.30. The van der Waals surface area contributed by atoms with Crippen LogP contribution >= 0.6 is 11.6 Å². The Labute approximate surface area is 97.4 Å².